The van der Waals surface area contributed by atoms with E-state index in [1.807, 2.05) is 32.0 Å². The van der Waals surface area contributed by atoms with Crippen LogP contribution in [-0.2, 0) is 14.3 Å². The average molecular weight is 295 g/mol. The van der Waals surface area contributed by atoms with Crippen molar-refractivity contribution < 1.29 is 14.3 Å². The van der Waals surface area contributed by atoms with Crippen LogP contribution >= 0.6 is 11.8 Å². The fourth-order valence-electron chi connectivity index (χ4n) is 1.61. The third-order valence-corrected chi connectivity index (χ3v) is 4.20. The summed E-state index contributed by atoms with van der Waals surface area (Å²) < 4.78 is 4.64. The zero-order chi connectivity index (χ0) is 15.1. The minimum atomic E-state index is -0.243. The number of carbonyl (C=O) groups excluding carboxylic acids is 2. The van der Waals surface area contributed by atoms with Crippen LogP contribution in [0.1, 0.15) is 18.1 Å². The van der Waals surface area contributed by atoms with Gasteiger partial charge in [0.25, 0.3) is 0 Å². The lowest BCUT2D eigenvalue weighted by Gasteiger charge is -2.09. The van der Waals surface area contributed by atoms with Crippen molar-refractivity contribution in [2.75, 3.05) is 23.9 Å². The predicted octanol–water partition coefficient (Wildman–Crippen LogP) is 2.78. The third-order valence-electron chi connectivity index (χ3n) is 3.00. The summed E-state index contributed by atoms with van der Waals surface area (Å²) in [4.78, 5) is 23.0. The van der Waals surface area contributed by atoms with Gasteiger partial charge < -0.3 is 10.1 Å². The molecule has 0 fully saturated rings. The lowest BCUT2D eigenvalue weighted by atomic mass is 10.1. The maximum Gasteiger partial charge on any atom is 0.309 e. The minimum absolute atomic E-state index is 0.0599. The summed E-state index contributed by atoms with van der Waals surface area (Å²) in [6.07, 6.45) is 0. The van der Waals surface area contributed by atoms with Crippen LogP contribution in [0.5, 0.6) is 0 Å². The van der Waals surface area contributed by atoms with Gasteiger partial charge in [-0.2, -0.15) is 11.8 Å². The maximum absolute atomic E-state index is 11.8. The number of aryl methyl sites for hydroxylation is 2. The van der Waals surface area contributed by atoms with Gasteiger partial charge in [-0.05, 0) is 37.1 Å². The number of amides is 1. The Hall–Kier alpha value is -1.49. The van der Waals surface area contributed by atoms with Crippen molar-refractivity contribution in [3.63, 3.8) is 0 Å². The summed E-state index contributed by atoms with van der Waals surface area (Å²) in [7, 11) is 1.37. The zero-order valence-corrected chi connectivity index (χ0v) is 13.2. The molecule has 1 aromatic carbocycles. The van der Waals surface area contributed by atoms with Crippen molar-refractivity contribution in [3.05, 3.63) is 29.3 Å². The summed E-state index contributed by atoms with van der Waals surface area (Å²) in [5.74, 6) is 0.406. The van der Waals surface area contributed by atoms with Gasteiger partial charge in [-0.1, -0.05) is 13.0 Å². The number of carbonyl (C=O) groups is 2. The highest BCUT2D eigenvalue weighted by Crippen LogP contribution is 2.15. The predicted molar refractivity (Wildman–Crippen MR) is 83.1 cm³/mol. The second-order valence-corrected chi connectivity index (χ2v) is 5.82. The fraction of sp³-hybridized carbons (Fsp3) is 0.467. The van der Waals surface area contributed by atoms with Crippen molar-refractivity contribution in [1.29, 1.82) is 0 Å². The first kappa shape index (κ1) is 16.6. The number of nitrogens with one attached hydrogen (secondary N) is 1. The Morgan fingerprint density at radius 1 is 1.30 bits per heavy atom. The Morgan fingerprint density at radius 2 is 2.00 bits per heavy atom. The van der Waals surface area contributed by atoms with Crippen molar-refractivity contribution in [2.45, 2.75) is 20.8 Å². The first-order chi connectivity index (χ1) is 9.43. The molecular weight excluding hydrogens is 274 g/mol. The SMILES string of the molecule is COC(=O)C(C)CSCC(=O)Nc1ccc(C)c(C)c1. The quantitative estimate of drug-likeness (QED) is 0.820. The number of anilines is 1. The third kappa shape index (κ3) is 5.25. The number of ether oxygens (including phenoxy) is 1. The zero-order valence-electron chi connectivity index (χ0n) is 12.4. The van der Waals surface area contributed by atoms with E-state index in [0.717, 1.165) is 11.3 Å². The van der Waals surface area contributed by atoms with Gasteiger partial charge in [0.2, 0.25) is 5.91 Å². The summed E-state index contributed by atoms with van der Waals surface area (Å²) in [6, 6.07) is 5.83. The van der Waals surface area contributed by atoms with E-state index in [0.29, 0.717) is 11.5 Å². The van der Waals surface area contributed by atoms with Crippen LogP contribution < -0.4 is 5.32 Å². The van der Waals surface area contributed by atoms with E-state index in [-0.39, 0.29) is 17.8 Å². The van der Waals surface area contributed by atoms with Crippen molar-refractivity contribution >= 4 is 29.3 Å². The topological polar surface area (TPSA) is 55.4 Å². The molecule has 0 aliphatic rings. The number of hydrogen-bond acceptors (Lipinski definition) is 4. The molecule has 1 atom stereocenters. The molecule has 0 saturated carbocycles. The van der Waals surface area contributed by atoms with Crippen LogP contribution in [0.3, 0.4) is 0 Å². The van der Waals surface area contributed by atoms with E-state index in [1.54, 1.807) is 6.92 Å². The van der Waals surface area contributed by atoms with Crippen LogP contribution in [0.25, 0.3) is 0 Å². The van der Waals surface area contributed by atoms with Gasteiger partial charge in [-0.3, -0.25) is 9.59 Å². The Kier molecular flexibility index (Phi) is 6.58. The van der Waals surface area contributed by atoms with Crippen molar-refractivity contribution in [2.24, 2.45) is 5.92 Å². The van der Waals surface area contributed by atoms with Crippen molar-refractivity contribution in [3.8, 4) is 0 Å². The van der Waals surface area contributed by atoms with Gasteiger partial charge in [-0.25, -0.2) is 0 Å². The first-order valence-electron chi connectivity index (χ1n) is 6.46. The molecule has 1 unspecified atom stereocenters. The number of rotatable bonds is 6. The molecule has 0 radical (unpaired) electrons. The molecule has 0 heterocycles. The van der Waals surface area contributed by atoms with Gasteiger partial charge >= 0.3 is 5.97 Å². The monoisotopic (exact) mass is 295 g/mol. The molecule has 1 rings (SSSR count). The molecule has 0 spiro atoms. The molecule has 1 amide bonds. The normalized spacial score (nSPS) is 11.8. The lowest BCUT2D eigenvalue weighted by Crippen LogP contribution is -2.18. The lowest BCUT2D eigenvalue weighted by molar-refractivity contribution is -0.144. The number of hydrogen-bond donors (Lipinski definition) is 1. The van der Waals surface area contributed by atoms with Gasteiger partial charge in [0.05, 0.1) is 18.8 Å². The minimum Gasteiger partial charge on any atom is -0.469 e. The number of methoxy groups -OCH3 is 1. The van der Waals surface area contributed by atoms with E-state index in [4.69, 9.17) is 0 Å². The molecule has 0 aromatic heterocycles. The summed E-state index contributed by atoms with van der Waals surface area (Å²) in [6.45, 7) is 5.84. The molecule has 4 nitrogen and oxygen atoms in total. The standard InChI is InChI=1S/C15H21NO3S/c1-10-5-6-13(7-11(10)2)16-14(17)9-20-8-12(3)15(18)19-4/h5-7,12H,8-9H2,1-4H3,(H,16,17). The van der Waals surface area contributed by atoms with E-state index < -0.39 is 0 Å². The molecule has 1 aromatic rings. The highest BCUT2D eigenvalue weighted by Gasteiger charge is 2.13. The molecule has 1 N–H and O–H groups in total. The Labute approximate surface area is 124 Å². The Bertz CT molecular complexity index is 488. The van der Waals surface area contributed by atoms with Gasteiger partial charge in [0.1, 0.15) is 0 Å². The van der Waals surface area contributed by atoms with Crippen LogP contribution in [0.15, 0.2) is 18.2 Å². The second kappa shape index (κ2) is 7.94. The highest BCUT2D eigenvalue weighted by molar-refractivity contribution is 8.00. The van der Waals surface area contributed by atoms with Crippen LogP contribution in [0, 0.1) is 19.8 Å². The molecule has 110 valence electrons. The fourth-order valence-corrected chi connectivity index (χ4v) is 2.48. The molecule has 5 heteroatoms. The van der Waals surface area contributed by atoms with E-state index in [2.05, 4.69) is 10.1 Å². The maximum atomic E-state index is 11.8. The smallest absolute Gasteiger partial charge is 0.309 e. The average Bonchev–Trinajstić information content (AvgIpc) is 2.41. The summed E-state index contributed by atoms with van der Waals surface area (Å²) in [5.41, 5.74) is 3.15. The molecule has 0 aliphatic carbocycles. The molecule has 0 aliphatic heterocycles. The summed E-state index contributed by atoms with van der Waals surface area (Å²) in [5, 5.41) is 2.85. The molecule has 20 heavy (non-hydrogen) atoms. The first-order valence-corrected chi connectivity index (χ1v) is 7.62. The van der Waals surface area contributed by atoms with Gasteiger partial charge in [0.15, 0.2) is 0 Å². The summed E-state index contributed by atoms with van der Waals surface area (Å²) >= 11 is 1.43. The van der Waals surface area contributed by atoms with Crippen LogP contribution in [0.4, 0.5) is 5.69 Å². The molecule has 0 saturated heterocycles. The van der Waals surface area contributed by atoms with E-state index in [1.165, 1.54) is 24.4 Å². The van der Waals surface area contributed by atoms with Crippen LogP contribution in [0.2, 0.25) is 0 Å². The van der Waals surface area contributed by atoms with Gasteiger partial charge in [-0.15, -0.1) is 0 Å². The van der Waals surface area contributed by atoms with Crippen molar-refractivity contribution in [1.82, 2.24) is 0 Å². The second-order valence-electron chi connectivity index (χ2n) is 4.79. The number of esters is 1. The number of thioether (sulfide) groups is 1. The van der Waals surface area contributed by atoms with E-state index >= 15 is 0 Å². The number of benzene rings is 1. The Morgan fingerprint density at radius 3 is 2.60 bits per heavy atom. The molecular formula is C15H21NO3S. The highest BCUT2D eigenvalue weighted by atomic mass is 32.2. The van der Waals surface area contributed by atoms with E-state index in [9.17, 15) is 9.59 Å². The largest absolute Gasteiger partial charge is 0.469 e. The molecule has 0 bridgehead atoms. The van der Waals surface area contributed by atoms with Gasteiger partial charge in [0, 0.05) is 11.4 Å². The van der Waals surface area contributed by atoms with Crippen LogP contribution in [-0.4, -0.2) is 30.5 Å². The Balaban J connectivity index is 2.37.